The van der Waals surface area contributed by atoms with Crippen LogP contribution in [0.3, 0.4) is 0 Å². The molecule has 0 aromatic rings. The first-order valence-corrected chi connectivity index (χ1v) is 3.98. The van der Waals surface area contributed by atoms with Crippen LogP contribution in [0, 0.1) is 5.92 Å². The van der Waals surface area contributed by atoms with Crippen molar-refractivity contribution in [2.24, 2.45) is 5.92 Å². The van der Waals surface area contributed by atoms with E-state index in [1.165, 1.54) is 25.9 Å². The molecule has 0 bridgehead atoms. The average molecular weight is 131 g/mol. The molecule has 0 heterocycles. The average Bonchev–Trinajstić information content (AvgIpc) is 1.80. The summed E-state index contributed by atoms with van der Waals surface area (Å²) in [6, 6.07) is 0. The first-order valence-electron chi connectivity index (χ1n) is 3.98. The van der Waals surface area contributed by atoms with Crippen LogP contribution in [0.5, 0.6) is 0 Å². The monoisotopic (exact) mass is 131 g/mol. The Morgan fingerprint density at radius 3 is 2.56 bits per heavy atom. The van der Waals surface area contributed by atoms with Crippen molar-refractivity contribution in [3.05, 3.63) is 0 Å². The first-order chi connectivity index (χ1) is 4.27. The third-order valence-corrected chi connectivity index (χ3v) is 1.26. The molecule has 0 saturated carbocycles. The van der Waals surface area contributed by atoms with E-state index in [9.17, 15) is 0 Å². The Kier molecular flexibility index (Phi) is 6.06. The molecule has 0 aromatic heterocycles. The molecule has 9 heavy (non-hydrogen) atoms. The first kappa shape index (κ1) is 8.96. The van der Waals surface area contributed by atoms with Crippen molar-refractivity contribution in [3.8, 4) is 0 Å². The molecular weight excluding hydrogens is 110 g/mol. The Hall–Kier alpha value is -0.0400. The molecule has 0 atom stereocenters. The summed E-state index contributed by atoms with van der Waals surface area (Å²) in [5.74, 6) is 0.793. The Morgan fingerprint density at radius 1 is 1.44 bits per heavy atom. The fourth-order valence-electron chi connectivity index (χ4n) is 0.693. The standard InChI is InChI=1S/C8H19N.H2/c1-4-5-6-9-7-8(2)3;/h8-9H,4-7H2,1-3H3;1H. The highest BCUT2D eigenvalue weighted by atomic mass is 14.8. The van der Waals surface area contributed by atoms with Gasteiger partial charge in [0.2, 0.25) is 0 Å². The Balaban J connectivity index is 0. The predicted octanol–water partition coefficient (Wildman–Crippen LogP) is 2.28. The maximum absolute atomic E-state index is 3.39. The second-order valence-corrected chi connectivity index (χ2v) is 2.95. The van der Waals surface area contributed by atoms with Gasteiger partial charge in [-0.1, -0.05) is 27.2 Å². The fourth-order valence-corrected chi connectivity index (χ4v) is 0.693. The minimum absolute atomic E-state index is 0. The van der Waals surface area contributed by atoms with Gasteiger partial charge in [-0.15, -0.1) is 0 Å². The smallest absolute Gasteiger partial charge is 0 e. The third kappa shape index (κ3) is 7.96. The third-order valence-electron chi connectivity index (χ3n) is 1.26. The van der Waals surface area contributed by atoms with Gasteiger partial charge in [-0.2, -0.15) is 0 Å². The van der Waals surface area contributed by atoms with Crippen molar-refractivity contribution in [3.63, 3.8) is 0 Å². The fraction of sp³-hybridized carbons (Fsp3) is 1.00. The van der Waals surface area contributed by atoms with Gasteiger partial charge in [-0.3, -0.25) is 0 Å². The van der Waals surface area contributed by atoms with Crippen LogP contribution in [0.15, 0.2) is 0 Å². The molecule has 0 aliphatic carbocycles. The molecular formula is C8H21N. The second-order valence-electron chi connectivity index (χ2n) is 2.95. The van der Waals surface area contributed by atoms with Crippen LogP contribution in [-0.2, 0) is 0 Å². The lowest BCUT2D eigenvalue weighted by Gasteiger charge is -2.05. The molecule has 0 rings (SSSR count). The Morgan fingerprint density at radius 2 is 2.11 bits per heavy atom. The van der Waals surface area contributed by atoms with E-state index in [4.69, 9.17) is 0 Å². The van der Waals surface area contributed by atoms with Crippen molar-refractivity contribution in [1.82, 2.24) is 5.32 Å². The molecule has 0 aliphatic heterocycles. The zero-order valence-electron chi connectivity index (χ0n) is 6.91. The number of hydrogen-bond acceptors (Lipinski definition) is 1. The minimum atomic E-state index is 0. The van der Waals surface area contributed by atoms with Crippen LogP contribution >= 0.6 is 0 Å². The molecule has 0 unspecified atom stereocenters. The molecule has 0 aromatic carbocycles. The summed E-state index contributed by atoms with van der Waals surface area (Å²) in [6.07, 6.45) is 2.61. The van der Waals surface area contributed by atoms with Gasteiger partial charge in [-0.25, -0.2) is 0 Å². The number of nitrogens with one attached hydrogen (secondary N) is 1. The summed E-state index contributed by atoms with van der Waals surface area (Å²) in [5.41, 5.74) is 0. The second kappa shape index (κ2) is 6.09. The molecule has 0 radical (unpaired) electrons. The molecule has 0 spiro atoms. The normalized spacial score (nSPS) is 10.7. The van der Waals surface area contributed by atoms with Crippen molar-refractivity contribution in [2.75, 3.05) is 13.1 Å². The van der Waals surface area contributed by atoms with Crippen LogP contribution in [0.25, 0.3) is 0 Å². The van der Waals surface area contributed by atoms with Gasteiger partial charge in [0.05, 0.1) is 0 Å². The number of unbranched alkanes of at least 4 members (excludes halogenated alkanes) is 1. The summed E-state index contributed by atoms with van der Waals surface area (Å²) < 4.78 is 0. The lowest BCUT2D eigenvalue weighted by atomic mass is 10.2. The van der Waals surface area contributed by atoms with Crippen molar-refractivity contribution < 1.29 is 1.43 Å². The molecule has 1 heteroatoms. The Bertz CT molecular complexity index is 55.2. The maximum atomic E-state index is 3.39. The molecule has 1 N–H and O–H groups in total. The van der Waals surface area contributed by atoms with Gasteiger partial charge >= 0.3 is 0 Å². The van der Waals surface area contributed by atoms with E-state index in [1.54, 1.807) is 0 Å². The highest BCUT2D eigenvalue weighted by Gasteiger charge is 1.89. The molecule has 0 amide bonds. The van der Waals surface area contributed by atoms with E-state index >= 15 is 0 Å². The van der Waals surface area contributed by atoms with Crippen molar-refractivity contribution in [1.29, 1.82) is 0 Å². The Labute approximate surface area is 60.3 Å². The SMILES string of the molecule is CCCCNCC(C)C.[HH]. The zero-order valence-corrected chi connectivity index (χ0v) is 6.91. The van der Waals surface area contributed by atoms with E-state index in [1.807, 2.05) is 0 Å². The van der Waals surface area contributed by atoms with Crippen LogP contribution in [-0.4, -0.2) is 13.1 Å². The highest BCUT2D eigenvalue weighted by Crippen LogP contribution is 1.88. The van der Waals surface area contributed by atoms with Gasteiger partial charge in [0.25, 0.3) is 0 Å². The van der Waals surface area contributed by atoms with Gasteiger partial charge in [0.15, 0.2) is 0 Å². The molecule has 0 fully saturated rings. The zero-order chi connectivity index (χ0) is 7.11. The summed E-state index contributed by atoms with van der Waals surface area (Å²) in [5, 5.41) is 3.39. The van der Waals surface area contributed by atoms with Gasteiger partial charge in [0, 0.05) is 1.43 Å². The number of hydrogen-bond donors (Lipinski definition) is 1. The van der Waals surface area contributed by atoms with Gasteiger partial charge < -0.3 is 5.32 Å². The highest BCUT2D eigenvalue weighted by molar-refractivity contribution is 4.49. The van der Waals surface area contributed by atoms with Crippen LogP contribution in [0.1, 0.15) is 35.0 Å². The van der Waals surface area contributed by atoms with Crippen LogP contribution in [0.4, 0.5) is 0 Å². The minimum Gasteiger partial charge on any atom is -0.316 e. The lowest BCUT2D eigenvalue weighted by Crippen LogP contribution is -2.20. The van der Waals surface area contributed by atoms with E-state index in [0.29, 0.717) is 0 Å². The van der Waals surface area contributed by atoms with E-state index in [2.05, 4.69) is 26.1 Å². The summed E-state index contributed by atoms with van der Waals surface area (Å²) in [6.45, 7) is 9.05. The molecule has 0 saturated heterocycles. The molecule has 58 valence electrons. The van der Waals surface area contributed by atoms with Gasteiger partial charge in [0.1, 0.15) is 0 Å². The summed E-state index contributed by atoms with van der Waals surface area (Å²) >= 11 is 0. The van der Waals surface area contributed by atoms with E-state index < -0.39 is 0 Å². The molecule has 1 nitrogen and oxygen atoms in total. The van der Waals surface area contributed by atoms with E-state index in [-0.39, 0.29) is 1.43 Å². The lowest BCUT2D eigenvalue weighted by molar-refractivity contribution is 0.540. The summed E-state index contributed by atoms with van der Waals surface area (Å²) in [4.78, 5) is 0. The van der Waals surface area contributed by atoms with Crippen LogP contribution < -0.4 is 5.32 Å². The molecule has 0 aliphatic rings. The van der Waals surface area contributed by atoms with Crippen molar-refractivity contribution >= 4 is 0 Å². The van der Waals surface area contributed by atoms with Crippen molar-refractivity contribution in [2.45, 2.75) is 33.6 Å². The number of rotatable bonds is 5. The quantitative estimate of drug-likeness (QED) is 0.564. The van der Waals surface area contributed by atoms with E-state index in [0.717, 1.165) is 5.92 Å². The predicted molar refractivity (Wildman–Crippen MR) is 44.7 cm³/mol. The topological polar surface area (TPSA) is 12.0 Å². The largest absolute Gasteiger partial charge is 0.316 e. The maximum Gasteiger partial charge on any atom is 0 e. The summed E-state index contributed by atoms with van der Waals surface area (Å²) in [7, 11) is 0. The van der Waals surface area contributed by atoms with Gasteiger partial charge in [-0.05, 0) is 25.4 Å². The van der Waals surface area contributed by atoms with Crippen LogP contribution in [0.2, 0.25) is 0 Å².